The number of ether oxygens (including phenoxy) is 2. The molecule has 180 valence electrons. The van der Waals surface area contributed by atoms with Crippen LogP contribution in [0, 0.1) is 6.92 Å². The normalized spacial score (nSPS) is 23.0. The van der Waals surface area contributed by atoms with Gasteiger partial charge in [0.1, 0.15) is 24.1 Å². The minimum absolute atomic E-state index is 0.0370. The van der Waals surface area contributed by atoms with E-state index < -0.39 is 49.4 Å². The van der Waals surface area contributed by atoms with Crippen molar-refractivity contribution in [3.05, 3.63) is 62.9 Å². The molecule has 2 aromatic rings. The molecule has 3 rings (SSSR count). The Kier molecular flexibility index (Phi) is 7.88. The summed E-state index contributed by atoms with van der Waals surface area (Å²) in [5.41, 5.74) is -0.898. The molecule has 0 saturated carbocycles. The zero-order chi connectivity index (χ0) is 24.2. The van der Waals surface area contributed by atoms with Gasteiger partial charge in [-0.1, -0.05) is 18.2 Å². The summed E-state index contributed by atoms with van der Waals surface area (Å²) in [4.78, 5) is 37.7. The number of hydrogen-bond donors (Lipinski definition) is 3. The van der Waals surface area contributed by atoms with Crippen LogP contribution < -0.4 is 20.9 Å². The maximum atomic E-state index is 13.4. The van der Waals surface area contributed by atoms with Crippen LogP contribution in [0.1, 0.15) is 25.1 Å². The summed E-state index contributed by atoms with van der Waals surface area (Å²) in [5, 5.41) is 12.9. The number of rotatable bonds is 9. The number of aromatic nitrogens is 2. The van der Waals surface area contributed by atoms with Crippen LogP contribution in [-0.2, 0) is 23.4 Å². The highest BCUT2D eigenvalue weighted by Gasteiger charge is 2.39. The molecule has 0 radical (unpaired) electrons. The summed E-state index contributed by atoms with van der Waals surface area (Å²) in [5.74, 6) is -0.452. The lowest BCUT2D eigenvalue weighted by molar-refractivity contribution is -0.142. The first-order valence-corrected chi connectivity index (χ1v) is 11.7. The third-order valence-electron chi connectivity index (χ3n) is 4.94. The second-order valence-corrected chi connectivity index (χ2v) is 9.18. The van der Waals surface area contributed by atoms with Crippen molar-refractivity contribution in [2.45, 2.75) is 44.7 Å². The Morgan fingerprint density at radius 3 is 2.73 bits per heavy atom. The van der Waals surface area contributed by atoms with Crippen LogP contribution in [0.25, 0.3) is 0 Å². The lowest BCUT2D eigenvalue weighted by atomic mass is 10.2. The third kappa shape index (κ3) is 6.18. The van der Waals surface area contributed by atoms with Gasteiger partial charge in [0.05, 0.1) is 19.8 Å². The fraction of sp³-hybridized carbons (Fsp3) is 0.450. The van der Waals surface area contributed by atoms with Crippen molar-refractivity contribution in [2.75, 3.05) is 13.7 Å². The number of aryl methyl sites for hydroxylation is 1. The number of carbonyl (C=O) groups excluding carboxylic acids is 1. The van der Waals surface area contributed by atoms with Crippen molar-refractivity contribution < 1.29 is 33.0 Å². The van der Waals surface area contributed by atoms with E-state index in [9.17, 15) is 24.1 Å². The smallest absolute Gasteiger partial charge is 0.459 e. The van der Waals surface area contributed by atoms with Gasteiger partial charge in [-0.2, -0.15) is 5.09 Å². The predicted octanol–water partition coefficient (Wildman–Crippen LogP) is 0.848. The molecule has 0 aliphatic carbocycles. The van der Waals surface area contributed by atoms with Crippen LogP contribution in [0.3, 0.4) is 0 Å². The highest BCUT2D eigenvalue weighted by atomic mass is 31.2. The van der Waals surface area contributed by atoms with Crippen LogP contribution in [0.2, 0.25) is 0 Å². The molecule has 0 bridgehead atoms. The molecule has 1 aromatic heterocycles. The molecule has 2 heterocycles. The van der Waals surface area contributed by atoms with Crippen LogP contribution in [0.4, 0.5) is 0 Å². The number of nitrogens with one attached hydrogen (secondary N) is 2. The Balaban J connectivity index is 1.73. The Labute approximate surface area is 189 Å². The van der Waals surface area contributed by atoms with Gasteiger partial charge in [-0.05, 0) is 26.0 Å². The van der Waals surface area contributed by atoms with Crippen molar-refractivity contribution in [3.63, 3.8) is 0 Å². The SMILES string of the molecule is COC(=O)C(C)NP(=O)(OC[C@H]1O[C@@H](n2cc(C)c(=O)[nH]c2=O)C[C@@H]1O)Oc1ccccc1. The molecule has 1 saturated heterocycles. The van der Waals surface area contributed by atoms with Gasteiger partial charge in [0.2, 0.25) is 0 Å². The minimum Gasteiger partial charge on any atom is -0.468 e. The van der Waals surface area contributed by atoms with Crippen LogP contribution in [0.5, 0.6) is 5.75 Å². The topological polar surface area (TPSA) is 158 Å². The van der Waals surface area contributed by atoms with Gasteiger partial charge < -0.3 is 19.1 Å². The van der Waals surface area contributed by atoms with E-state index in [4.69, 9.17) is 13.8 Å². The summed E-state index contributed by atoms with van der Waals surface area (Å²) in [6.07, 6.45) is -1.51. The van der Waals surface area contributed by atoms with Gasteiger partial charge in [0.25, 0.3) is 5.56 Å². The fourth-order valence-corrected chi connectivity index (χ4v) is 4.69. The van der Waals surface area contributed by atoms with Crippen molar-refractivity contribution in [1.82, 2.24) is 14.6 Å². The molecule has 2 unspecified atom stereocenters. The van der Waals surface area contributed by atoms with Gasteiger partial charge in [-0.15, -0.1) is 0 Å². The number of aromatic amines is 1. The molecule has 12 nitrogen and oxygen atoms in total. The van der Waals surface area contributed by atoms with E-state index in [0.29, 0.717) is 5.56 Å². The van der Waals surface area contributed by atoms with Crippen LogP contribution >= 0.6 is 7.75 Å². The molecule has 1 aromatic carbocycles. The predicted molar refractivity (Wildman–Crippen MR) is 116 cm³/mol. The first-order chi connectivity index (χ1) is 15.6. The highest BCUT2D eigenvalue weighted by molar-refractivity contribution is 7.52. The number of hydrogen-bond acceptors (Lipinski definition) is 9. The largest absolute Gasteiger partial charge is 0.468 e. The molecule has 1 fully saturated rings. The van der Waals surface area contributed by atoms with Crippen molar-refractivity contribution in [1.29, 1.82) is 0 Å². The van der Waals surface area contributed by atoms with E-state index >= 15 is 0 Å². The summed E-state index contributed by atoms with van der Waals surface area (Å²) >= 11 is 0. The Bertz CT molecular complexity index is 1130. The number of aliphatic hydroxyl groups is 1. The first-order valence-electron chi connectivity index (χ1n) is 10.1. The average Bonchev–Trinajstić information content (AvgIpc) is 3.15. The molecule has 0 amide bonds. The Morgan fingerprint density at radius 1 is 1.36 bits per heavy atom. The van der Waals surface area contributed by atoms with Crippen molar-refractivity contribution in [3.8, 4) is 5.75 Å². The highest BCUT2D eigenvalue weighted by Crippen LogP contribution is 2.45. The van der Waals surface area contributed by atoms with E-state index in [-0.39, 0.29) is 18.8 Å². The number of para-hydroxylation sites is 1. The fourth-order valence-electron chi connectivity index (χ4n) is 3.18. The van der Waals surface area contributed by atoms with E-state index in [2.05, 4.69) is 14.8 Å². The standard InChI is InChI=1S/C20H26N3O9P/c1-12-10-23(20(27)21-18(12)25)17-9-15(24)16(31-17)11-30-33(28,22-13(2)19(26)29-3)32-14-7-5-4-6-8-14/h4-8,10,13,15-17,24H,9,11H2,1-3H3,(H,22,28)(H,21,25,27)/t13?,15-,16+,17+,33?/m0/s1. The summed E-state index contributed by atoms with van der Waals surface area (Å²) in [7, 11) is -2.93. The van der Waals surface area contributed by atoms with E-state index in [1.165, 1.54) is 27.2 Å². The van der Waals surface area contributed by atoms with Gasteiger partial charge >= 0.3 is 19.4 Å². The number of carbonyl (C=O) groups is 1. The maximum absolute atomic E-state index is 13.4. The summed E-state index contributed by atoms with van der Waals surface area (Å²) < 4.78 is 35.9. The van der Waals surface area contributed by atoms with E-state index in [1.807, 2.05) is 0 Å². The Morgan fingerprint density at radius 2 is 2.06 bits per heavy atom. The maximum Gasteiger partial charge on any atom is 0.459 e. The van der Waals surface area contributed by atoms with Crippen molar-refractivity contribution in [2.24, 2.45) is 0 Å². The molecule has 3 N–H and O–H groups in total. The third-order valence-corrected chi connectivity index (χ3v) is 6.59. The second-order valence-electron chi connectivity index (χ2n) is 7.48. The molecule has 13 heteroatoms. The lowest BCUT2D eigenvalue weighted by Crippen LogP contribution is -2.36. The van der Waals surface area contributed by atoms with E-state index in [0.717, 1.165) is 4.57 Å². The number of benzene rings is 1. The zero-order valence-corrected chi connectivity index (χ0v) is 19.2. The van der Waals surface area contributed by atoms with Gasteiger partial charge in [0.15, 0.2) is 0 Å². The second kappa shape index (κ2) is 10.4. The zero-order valence-electron chi connectivity index (χ0n) is 18.3. The molecule has 0 spiro atoms. The number of esters is 1. The first kappa shape index (κ1) is 24.9. The number of aliphatic hydroxyl groups excluding tert-OH is 1. The minimum atomic E-state index is -4.12. The van der Waals surface area contributed by atoms with Gasteiger partial charge in [-0.25, -0.2) is 9.36 Å². The molecular weight excluding hydrogens is 457 g/mol. The number of nitrogens with zero attached hydrogens (tertiary/aromatic N) is 1. The van der Waals surface area contributed by atoms with Crippen LogP contribution in [-0.4, -0.2) is 52.6 Å². The molecular formula is C20H26N3O9P. The monoisotopic (exact) mass is 483 g/mol. The summed E-state index contributed by atoms with van der Waals surface area (Å²) in [6, 6.07) is 7.18. The molecule has 33 heavy (non-hydrogen) atoms. The van der Waals surface area contributed by atoms with Gasteiger partial charge in [-0.3, -0.25) is 23.7 Å². The quantitative estimate of drug-likeness (QED) is 0.345. The van der Waals surface area contributed by atoms with E-state index in [1.54, 1.807) is 30.3 Å². The number of H-pyrrole nitrogens is 1. The Hall–Kier alpha value is -2.76. The molecule has 1 aliphatic heterocycles. The molecule has 1 aliphatic rings. The molecule has 5 atom stereocenters. The van der Waals surface area contributed by atoms with Crippen LogP contribution in [0.15, 0.2) is 46.1 Å². The van der Waals surface area contributed by atoms with Gasteiger partial charge in [0, 0.05) is 18.2 Å². The summed E-state index contributed by atoms with van der Waals surface area (Å²) in [6.45, 7) is 2.59. The van der Waals surface area contributed by atoms with Crippen molar-refractivity contribution >= 4 is 13.7 Å². The number of methoxy groups -OCH3 is 1. The lowest BCUT2D eigenvalue weighted by Gasteiger charge is -2.24. The average molecular weight is 483 g/mol.